The van der Waals surface area contributed by atoms with Crippen molar-refractivity contribution < 1.29 is 14.4 Å². The third kappa shape index (κ3) is 4.12. The van der Waals surface area contributed by atoms with Crippen LogP contribution in [0.25, 0.3) is 0 Å². The first kappa shape index (κ1) is 15.6. The molecular weight excluding hydrogens is 278 g/mol. The van der Waals surface area contributed by atoms with E-state index in [1.165, 1.54) is 6.92 Å². The maximum atomic E-state index is 11.9. The number of ketones is 2. The number of amides is 1. The molecule has 0 bridgehead atoms. The van der Waals surface area contributed by atoms with Crippen molar-refractivity contribution in [2.45, 2.75) is 19.8 Å². The topological polar surface area (TPSA) is 63.2 Å². The summed E-state index contributed by atoms with van der Waals surface area (Å²) >= 11 is 0. The van der Waals surface area contributed by atoms with Crippen molar-refractivity contribution in [3.63, 3.8) is 0 Å². The molecule has 2 aromatic rings. The lowest BCUT2D eigenvalue weighted by molar-refractivity contribution is -0.116. The summed E-state index contributed by atoms with van der Waals surface area (Å²) in [5, 5.41) is 2.69. The lowest BCUT2D eigenvalue weighted by Gasteiger charge is -2.08. The highest BCUT2D eigenvalue weighted by Crippen LogP contribution is 2.16. The Morgan fingerprint density at radius 2 is 1.50 bits per heavy atom. The molecule has 4 heteroatoms. The third-order valence-electron chi connectivity index (χ3n) is 3.26. The molecule has 0 saturated heterocycles. The van der Waals surface area contributed by atoms with Crippen molar-refractivity contribution >= 4 is 23.2 Å². The third-order valence-corrected chi connectivity index (χ3v) is 3.26. The van der Waals surface area contributed by atoms with Crippen molar-refractivity contribution in [2.75, 3.05) is 5.32 Å². The number of nitrogens with one attached hydrogen (secondary N) is 1. The molecule has 0 saturated carbocycles. The van der Waals surface area contributed by atoms with E-state index >= 15 is 0 Å². The van der Waals surface area contributed by atoms with Gasteiger partial charge < -0.3 is 5.32 Å². The smallest absolute Gasteiger partial charge is 0.224 e. The van der Waals surface area contributed by atoms with Crippen molar-refractivity contribution in [3.8, 4) is 0 Å². The van der Waals surface area contributed by atoms with Gasteiger partial charge in [0.25, 0.3) is 0 Å². The number of hydrogen-bond acceptors (Lipinski definition) is 3. The molecule has 2 aromatic carbocycles. The van der Waals surface area contributed by atoms with E-state index in [0.29, 0.717) is 16.8 Å². The van der Waals surface area contributed by atoms with Gasteiger partial charge in [-0.05, 0) is 19.1 Å². The predicted molar refractivity (Wildman–Crippen MR) is 85.1 cm³/mol. The van der Waals surface area contributed by atoms with Gasteiger partial charge in [-0.2, -0.15) is 0 Å². The maximum Gasteiger partial charge on any atom is 0.224 e. The van der Waals surface area contributed by atoms with Crippen LogP contribution >= 0.6 is 0 Å². The molecule has 0 unspecified atom stereocenters. The van der Waals surface area contributed by atoms with Gasteiger partial charge in [-0.25, -0.2) is 0 Å². The highest BCUT2D eigenvalue weighted by atomic mass is 16.2. The lowest BCUT2D eigenvalue weighted by Crippen LogP contribution is -2.15. The number of Topliss-reactive ketones (excluding diaryl/α,β-unsaturated/α-hetero) is 2. The van der Waals surface area contributed by atoms with Crippen LogP contribution in [0.4, 0.5) is 5.69 Å². The number of carbonyl (C=O) groups excluding carboxylic acids is 3. The average molecular weight is 295 g/mol. The molecule has 0 heterocycles. The molecule has 0 aliphatic carbocycles. The summed E-state index contributed by atoms with van der Waals surface area (Å²) in [7, 11) is 0. The summed E-state index contributed by atoms with van der Waals surface area (Å²) in [6, 6.07) is 15.7. The van der Waals surface area contributed by atoms with E-state index in [0.717, 1.165) is 0 Å². The van der Waals surface area contributed by atoms with Crippen LogP contribution in [0.2, 0.25) is 0 Å². The van der Waals surface area contributed by atoms with E-state index in [-0.39, 0.29) is 30.3 Å². The molecule has 0 aromatic heterocycles. The first-order valence-corrected chi connectivity index (χ1v) is 7.06. The van der Waals surface area contributed by atoms with Crippen LogP contribution in [0.5, 0.6) is 0 Å². The van der Waals surface area contributed by atoms with E-state index in [1.54, 1.807) is 48.5 Å². The predicted octanol–water partition coefficient (Wildman–Crippen LogP) is 3.49. The molecule has 0 aliphatic heterocycles. The SMILES string of the molecule is CC(=O)c1ccccc1NC(=O)CCC(=O)c1ccccc1. The number of anilines is 1. The van der Waals surface area contributed by atoms with E-state index in [4.69, 9.17) is 0 Å². The summed E-state index contributed by atoms with van der Waals surface area (Å²) in [4.78, 5) is 35.4. The van der Waals surface area contributed by atoms with Crippen LogP contribution in [0.1, 0.15) is 40.5 Å². The fraction of sp³-hybridized carbons (Fsp3) is 0.167. The Kier molecular flexibility index (Phi) is 5.20. The van der Waals surface area contributed by atoms with Gasteiger partial charge in [-0.3, -0.25) is 14.4 Å². The van der Waals surface area contributed by atoms with Crippen LogP contribution in [-0.4, -0.2) is 17.5 Å². The van der Waals surface area contributed by atoms with Crippen LogP contribution in [-0.2, 0) is 4.79 Å². The molecule has 0 atom stereocenters. The number of carbonyl (C=O) groups is 3. The summed E-state index contributed by atoms with van der Waals surface area (Å²) in [6.45, 7) is 1.45. The van der Waals surface area contributed by atoms with E-state index in [1.807, 2.05) is 6.07 Å². The van der Waals surface area contributed by atoms with Crippen molar-refractivity contribution in [2.24, 2.45) is 0 Å². The van der Waals surface area contributed by atoms with Crippen LogP contribution in [0.3, 0.4) is 0 Å². The molecular formula is C18H17NO3. The Morgan fingerprint density at radius 1 is 0.864 bits per heavy atom. The van der Waals surface area contributed by atoms with E-state index < -0.39 is 0 Å². The molecule has 0 fully saturated rings. The largest absolute Gasteiger partial charge is 0.325 e. The van der Waals surface area contributed by atoms with E-state index in [9.17, 15) is 14.4 Å². The lowest BCUT2D eigenvalue weighted by atomic mass is 10.1. The van der Waals surface area contributed by atoms with Gasteiger partial charge in [-0.1, -0.05) is 42.5 Å². The van der Waals surface area contributed by atoms with Crippen LogP contribution in [0, 0.1) is 0 Å². The Morgan fingerprint density at radius 3 is 2.18 bits per heavy atom. The molecule has 22 heavy (non-hydrogen) atoms. The average Bonchev–Trinajstić information content (AvgIpc) is 2.53. The second-order valence-electron chi connectivity index (χ2n) is 4.94. The fourth-order valence-electron chi connectivity index (χ4n) is 2.11. The summed E-state index contributed by atoms with van der Waals surface area (Å²) < 4.78 is 0. The minimum absolute atomic E-state index is 0.0735. The van der Waals surface area contributed by atoms with Crippen LogP contribution < -0.4 is 5.32 Å². The first-order chi connectivity index (χ1) is 10.6. The standard InChI is InChI=1S/C18H17NO3/c1-13(20)15-9-5-6-10-16(15)19-18(22)12-11-17(21)14-7-3-2-4-8-14/h2-10H,11-12H2,1H3,(H,19,22). The first-order valence-electron chi connectivity index (χ1n) is 7.06. The minimum atomic E-state index is -0.280. The number of para-hydroxylation sites is 1. The van der Waals surface area contributed by atoms with Gasteiger partial charge in [0.05, 0.1) is 5.69 Å². The summed E-state index contributed by atoms with van der Waals surface area (Å²) in [5.41, 5.74) is 1.54. The van der Waals surface area contributed by atoms with Gasteiger partial charge in [0.15, 0.2) is 11.6 Å². The number of rotatable bonds is 6. The summed E-state index contributed by atoms with van der Waals surface area (Å²) in [5.74, 6) is -0.468. The Hall–Kier alpha value is -2.75. The zero-order valence-corrected chi connectivity index (χ0v) is 12.3. The molecule has 112 valence electrons. The molecule has 2 rings (SSSR count). The summed E-state index contributed by atoms with van der Waals surface area (Å²) in [6.07, 6.45) is 0.220. The Bertz CT molecular complexity index is 692. The van der Waals surface area contributed by atoms with Gasteiger partial charge in [0, 0.05) is 24.0 Å². The zero-order valence-electron chi connectivity index (χ0n) is 12.3. The molecule has 0 spiro atoms. The van der Waals surface area contributed by atoms with Crippen molar-refractivity contribution in [1.29, 1.82) is 0 Å². The molecule has 0 radical (unpaired) electrons. The van der Waals surface area contributed by atoms with Gasteiger partial charge in [0.2, 0.25) is 5.91 Å². The van der Waals surface area contributed by atoms with Gasteiger partial charge in [-0.15, -0.1) is 0 Å². The molecule has 1 amide bonds. The second kappa shape index (κ2) is 7.31. The van der Waals surface area contributed by atoms with Crippen LogP contribution in [0.15, 0.2) is 54.6 Å². The highest BCUT2D eigenvalue weighted by molar-refractivity contribution is 6.05. The Labute approximate surface area is 129 Å². The fourth-order valence-corrected chi connectivity index (χ4v) is 2.11. The molecule has 4 nitrogen and oxygen atoms in total. The Balaban J connectivity index is 1.94. The van der Waals surface area contributed by atoms with Gasteiger partial charge >= 0.3 is 0 Å². The normalized spacial score (nSPS) is 10.0. The second-order valence-corrected chi connectivity index (χ2v) is 4.94. The highest BCUT2D eigenvalue weighted by Gasteiger charge is 2.12. The quantitative estimate of drug-likeness (QED) is 0.830. The van der Waals surface area contributed by atoms with Crippen molar-refractivity contribution in [1.82, 2.24) is 0 Å². The maximum absolute atomic E-state index is 11.9. The molecule has 0 aliphatic rings. The van der Waals surface area contributed by atoms with Crippen molar-refractivity contribution in [3.05, 3.63) is 65.7 Å². The zero-order chi connectivity index (χ0) is 15.9. The monoisotopic (exact) mass is 295 g/mol. The minimum Gasteiger partial charge on any atom is -0.325 e. The van der Waals surface area contributed by atoms with Gasteiger partial charge in [0.1, 0.15) is 0 Å². The number of benzene rings is 2. The molecule has 1 N–H and O–H groups in total. The van der Waals surface area contributed by atoms with E-state index in [2.05, 4.69) is 5.32 Å². The number of hydrogen-bond donors (Lipinski definition) is 1.